The molecule has 3 fully saturated rings. The molecule has 2 heterocycles. The lowest BCUT2D eigenvalue weighted by molar-refractivity contribution is -0.125. The molecule has 0 unspecified atom stereocenters. The number of benzene rings is 2. The van der Waals surface area contributed by atoms with Crippen LogP contribution in [0.5, 0.6) is 0 Å². The van der Waals surface area contributed by atoms with E-state index in [1.54, 1.807) is 24.3 Å². The maximum Gasteiger partial charge on any atom is 0.256 e. The maximum absolute atomic E-state index is 13.2. The van der Waals surface area contributed by atoms with Gasteiger partial charge in [-0.1, -0.05) is 24.3 Å². The van der Waals surface area contributed by atoms with Gasteiger partial charge in [0.2, 0.25) is 11.8 Å². The van der Waals surface area contributed by atoms with Crippen molar-refractivity contribution in [2.45, 2.75) is 25.7 Å². The molecule has 0 spiro atoms. The van der Waals surface area contributed by atoms with E-state index < -0.39 is 0 Å². The van der Waals surface area contributed by atoms with Crippen LogP contribution in [-0.2, 0) is 9.59 Å². The Balaban J connectivity index is 1.15. The number of nitrogens with zero attached hydrogens (tertiary/aromatic N) is 4. The van der Waals surface area contributed by atoms with E-state index in [0.717, 1.165) is 26.2 Å². The van der Waals surface area contributed by atoms with Gasteiger partial charge in [-0.15, -0.1) is 0 Å². The second-order valence-corrected chi connectivity index (χ2v) is 11.8. The van der Waals surface area contributed by atoms with Crippen LogP contribution in [0.15, 0.2) is 48.5 Å². The number of nitrogens with one attached hydrogen (secondary N) is 2. The van der Waals surface area contributed by atoms with E-state index >= 15 is 0 Å². The number of anilines is 2. The first kappa shape index (κ1) is 29.7. The number of carbonyl (C=O) groups is 4. The van der Waals surface area contributed by atoms with E-state index in [1.807, 2.05) is 48.2 Å². The first-order valence-corrected chi connectivity index (χ1v) is 15.1. The third-order valence-corrected chi connectivity index (χ3v) is 8.88. The zero-order valence-corrected chi connectivity index (χ0v) is 24.7. The Morgan fingerprint density at radius 1 is 0.548 bits per heavy atom. The number of amides is 4. The van der Waals surface area contributed by atoms with E-state index in [0.29, 0.717) is 74.4 Å². The van der Waals surface area contributed by atoms with Gasteiger partial charge < -0.3 is 30.2 Å². The minimum Gasteiger partial charge on any atom is -0.336 e. The highest BCUT2D eigenvalue weighted by atomic mass is 16.2. The summed E-state index contributed by atoms with van der Waals surface area (Å²) >= 11 is 0. The minimum absolute atomic E-state index is 0.0641. The van der Waals surface area contributed by atoms with Gasteiger partial charge in [0.25, 0.3) is 11.8 Å². The summed E-state index contributed by atoms with van der Waals surface area (Å²) in [4.78, 5) is 60.9. The number of rotatable bonds is 6. The molecule has 2 saturated heterocycles. The Hall–Kier alpha value is -3.76. The summed E-state index contributed by atoms with van der Waals surface area (Å²) in [6.07, 6.45) is 2.33. The largest absolute Gasteiger partial charge is 0.336 e. The van der Waals surface area contributed by atoms with E-state index in [9.17, 15) is 19.2 Å². The molecule has 4 amide bonds. The summed E-state index contributed by atoms with van der Waals surface area (Å²) in [5.74, 6) is -0.818. The fourth-order valence-corrected chi connectivity index (χ4v) is 6.00. The zero-order valence-electron chi connectivity index (χ0n) is 24.7. The molecule has 224 valence electrons. The molecular weight excluding hydrogens is 532 g/mol. The summed E-state index contributed by atoms with van der Waals surface area (Å²) in [7, 11) is 4.09. The molecule has 2 aromatic rings. The second-order valence-electron chi connectivity index (χ2n) is 11.8. The number of likely N-dealkylation sites (N-methyl/N-ethyl adjacent to an activating group) is 2. The average molecular weight is 575 g/mol. The number of hydrogen-bond donors (Lipinski definition) is 2. The fraction of sp³-hybridized carbons (Fsp3) is 0.500. The molecule has 0 atom stereocenters. The molecule has 1 saturated carbocycles. The minimum atomic E-state index is -0.230. The first-order chi connectivity index (χ1) is 20.3. The maximum atomic E-state index is 13.2. The molecule has 3 aliphatic rings. The molecule has 0 aromatic heterocycles. The molecule has 2 aliphatic heterocycles. The SMILES string of the molecule is CN1CCN(C(=O)c2ccccc2NC(=O)C2CCC(C(=O)Nc3ccccc3C(=O)N3CCN(C)CC3)CC2)CC1. The average Bonchev–Trinajstić information content (AvgIpc) is 3.02. The van der Waals surface area contributed by atoms with Crippen LogP contribution >= 0.6 is 0 Å². The van der Waals surface area contributed by atoms with Crippen molar-refractivity contribution in [1.29, 1.82) is 0 Å². The van der Waals surface area contributed by atoms with Crippen molar-refractivity contribution in [3.05, 3.63) is 59.7 Å². The fourth-order valence-electron chi connectivity index (χ4n) is 6.00. The van der Waals surface area contributed by atoms with Crippen LogP contribution in [0.3, 0.4) is 0 Å². The Morgan fingerprint density at radius 2 is 0.881 bits per heavy atom. The molecule has 10 heteroatoms. The third-order valence-electron chi connectivity index (χ3n) is 8.88. The number of para-hydroxylation sites is 2. The van der Waals surface area contributed by atoms with Gasteiger partial charge in [0.15, 0.2) is 0 Å². The molecule has 5 rings (SSSR count). The smallest absolute Gasteiger partial charge is 0.256 e. The van der Waals surface area contributed by atoms with Gasteiger partial charge in [-0.3, -0.25) is 19.2 Å². The van der Waals surface area contributed by atoms with E-state index in [2.05, 4.69) is 20.4 Å². The summed E-state index contributed by atoms with van der Waals surface area (Å²) < 4.78 is 0. The van der Waals surface area contributed by atoms with Crippen molar-refractivity contribution in [3.63, 3.8) is 0 Å². The highest BCUT2D eigenvalue weighted by molar-refractivity contribution is 6.05. The van der Waals surface area contributed by atoms with Crippen molar-refractivity contribution < 1.29 is 19.2 Å². The van der Waals surface area contributed by atoms with Crippen molar-refractivity contribution >= 4 is 35.0 Å². The van der Waals surface area contributed by atoms with Gasteiger partial charge in [0, 0.05) is 64.2 Å². The quantitative estimate of drug-likeness (QED) is 0.550. The van der Waals surface area contributed by atoms with E-state index in [4.69, 9.17) is 0 Å². The van der Waals surface area contributed by atoms with Crippen LogP contribution in [0.4, 0.5) is 11.4 Å². The summed E-state index contributed by atoms with van der Waals surface area (Å²) in [6.45, 7) is 5.97. The lowest BCUT2D eigenvalue weighted by atomic mass is 9.81. The Kier molecular flexibility index (Phi) is 9.54. The van der Waals surface area contributed by atoms with Gasteiger partial charge in [0.05, 0.1) is 22.5 Å². The van der Waals surface area contributed by atoms with Gasteiger partial charge in [0.1, 0.15) is 0 Å². The monoisotopic (exact) mass is 574 g/mol. The Morgan fingerprint density at radius 3 is 1.24 bits per heavy atom. The molecular formula is C32H42N6O4. The highest BCUT2D eigenvalue weighted by Gasteiger charge is 2.32. The molecule has 2 N–H and O–H groups in total. The predicted molar refractivity (Wildman–Crippen MR) is 162 cm³/mol. The summed E-state index contributed by atoms with van der Waals surface area (Å²) in [6, 6.07) is 14.4. The van der Waals surface area contributed by atoms with Crippen molar-refractivity contribution in [3.8, 4) is 0 Å². The normalized spacial score (nSPS) is 22.0. The second kappa shape index (κ2) is 13.5. The molecule has 0 radical (unpaired) electrons. The van der Waals surface area contributed by atoms with Crippen LogP contribution in [0, 0.1) is 11.8 Å². The van der Waals surface area contributed by atoms with Crippen LogP contribution in [0.2, 0.25) is 0 Å². The molecule has 10 nitrogen and oxygen atoms in total. The molecule has 0 bridgehead atoms. The third kappa shape index (κ3) is 6.99. The van der Waals surface area contributed by atoms with Crippen LogP contribution in [-0.4, -0.2) is 110 Å². The Labute approximate surface area is 248 Å². The van der Waals surface area contributed by atoms with Gasteiger partial charge in [-0.05, 0) is 64.0 Å². The van der Waals surface area contributed by atoms with Gasteiger partial charge in [-0.2, -0.15) is 0 Å². The number of carbonyl (C=O) groups excluding carboxylic acids is 4. The zero-order chi connectivity index (χ0) is 29.6. The van der Waals surface area contributed by atoms with Gasteiger partial charge in [-0.25, -0.2) is 0 Å². The molecule has 2 aromatic carbocycles. The standard InChI is InChI=1S/C32H42N6O4/c1-35-15-19-37(20-16-35)31(41)25-7-3-5-9-27(25)33-29(39)23-11-13-24(14-12-23)30(40)34-28-10-6-4-8-26(28)32(42)38-21-17-36(2)18-22-38/h3-10,23-24H,11-22H2,1-2H3,(H,33,39)(H,34,40). The Bertz CT molecular complexity index is 1190. The van der Waals surface area contributed by atoms with Crippen LogP contribution in [0.25, 0.3) is 0 Å². The predicted octanol–water partition coefficient (Wildman–Crippen LogP) is 2.85. The lowest BCUT2D eigenvalue weighted by Crippen LogP contribution is -2.47. The molecule has 42 heavy (non-hydrogen) atoms. The number of piperazine rings is 2. The number of hydrogen-bond acceptors (Lipinski definition) is 6. The van der Waals surface area contributed by atoms with E-state index in [1.165, 1.54) is 0 Å². The van der Waals surface area contributed by atoms with E-state index in [-0.39, 0.29) is 35.5 Å². The topological polar surface area (TPSA) is 105 Å². The summed E-state index contributed by atoms with van der Waals surface area (Å²) in [5.41, 5.74) is 2.09. The highest BCUT2D eigenvalue weighted by Crippen LogP contribution is 2.32. The van der Waals surface area contributed by atoms with Crippen LogP contribution in [0.1, 0.15) is 46.4 Å². The molecule has 1 aliphatic carbocycles. The van der Waals surface area contributed by atoms with Crippen molar-refractivity contribution in [1.82, 2.24) is 19.6 Å². The lowest BCUT2D eigenvalue weighted by Gasteiger charge is -2.33. The first-order valence-electron chi connectivity index (χ1n) is 15.1. The van der Waals surface area contributed by atoms with Crippen molar-refractivity contribution in [2.24, 2.45) is 11.8 Å². The van der Waals surface area contributed by atoms with Crippen LogP contribution < -0.4 is 10.6 Å². The van der Waals surface area contributed by atoms with Gasteiger partial charge >= 0.3 is 0 Å². The van der Waals surface area contributed by atoms with Crippen molar-refractivity contribution in [2.75, 3.05) is 77.1 Å². The summed E-state index contributed by atoms with van der Waals surface area (Å²) in [5, 5.41) is 6.01.